The molecule has 4 heteroatoms. The topological polar surface area (TPSA) is 57.6 Å². The number of amides is 1. The zero-order valence-electron chi connectivity index (χ0n) is 8.75. The second kappa shape index (κ2) is 3.98. The lowest BCUT2D eigenvalue weighted by atomic mass is 9.78. The molecule has 1 atom stereocenters. The molecule has 1 aliphatic heterocycles. The average molecular weight is 199 g/mol. The van der Waals surface area contributed by atoms with Crippen molar-refractivity contribution in [3.05, 3.63) is 0 Å². The molecule has 14 heavy (non-hydrogen) atoms. The Morgan fingerprint density at radius 3 is 2.79 bits per heavy atom. The van der Waals surface area contributed by atoms with Crippen molar-refractivity contribution in [1.82, 2.24) is 4.90 Å². The maximum atomic E-state index is 11.2. The fraction of sp³-hybridized carbons (Fsp3) is 0.800. The summed E-state index contributed by atoms with van der Waals surface area (Å²) in [4.78, 5) is 23.4. The number of hydrogen-bond donors (Lipinski definition) is 1. The largest absolute Gasteiger partial charge is 0.481 e. The van der Waals surface area contributed by atoms with E-state index in [9.17, 15) is 9.59 Å². The van der Waals surface area contributed by atoms with Crippen LogP contribution in [0, 0.1) is 5.41 Å². The second-order valence-electron chi connectivity index (χ2n) is 4.45. The lowest BCUT2D eigenvalue weighted by Crippen LogP contribution is -2.43. The van der Waals surface area contributed by atoms with Gasteiger partial charge in [-0.1, -0.05) is 6.92 Å². The van der Waals surface area contributed by atoms with Crippen LogP contribution in [0.25, 0.3) is 0 Å². The average Bonchev–Trinajstić information content (AvgIpc) is 2.09. The van der Waals surface area contributed by atoms with Crippen molar-refractivity contribution in [3.8, 4) is 0 Å². The third kappa shape index (κ3) is 2.72. The van der Waals surface area contributed by atoms with Gasteiger partial charge in [-0.05, 0) is 18.3 Å². The van der Waals surface area contributed by atoms with Gasteiger partial charge in [0.15, 0.2) is 0 Å². The molecule has 0 aromatic carbocycles. The van der Waals surface area contributed by atoms with E-state index in [1.54, 1.807) is 11.9 Å². The van der Waals surface area contributed by atoms with Crippen LogP contribution in [-0.4, -0.2) is 35.5 Å². The summed E-state index contributed by atoms with van der Waals surface area (Å²) in [5.41, 5.74) is -0.0128. The minimum absolute atomic E-state index is 0.0128. The summed E-state index contributed by atoms with van der Waals surface area (Å²) < 4.78 is 0. The zero-order valence-corrected chi connectivity index (χ0v) is 8.75. The third-order valence-electron chi connectivity index (χ3n) is 2.93. The first-order valence-corrected chi connectivity index (χ1v) is 4.89. The van der Waals surface area contributed by atoms with Gasteiger partial charge in [0.1, 0.15) is 0 Å². The van der Waals surface area contributed by atoms with E-state index >= 15 is 0 Å². The van der Waals surface area contributed by atoms with Gasteiger partial charge in [0, 0.05) is 26.4 Å². The number of hydrogen-bond acceptors (Lipinski definition) is 2. The van der Waals surface area contributed by atoms with Gasteiger partial charge in [-0.3, -0.25) is 9.59 Å². The quantitative estimate of drug-likeness (QED) is 0.740. The van der Waals surface area contributed by atoms with Crippen molar-refractivity contribution in [2.24, 2.45) is 5.41 Å². The number of aliphatic carboxylic acids is 1. The van der Waals surface area contributed by atoms with Crippen molar-refractivity contribution >= 4 is 11.9 Å². The lowest BCUT2D eigenvalue weighted by Gasteiger charge is -2.38. The molecule has 0 spiro atoms. The van der Waals surface area contributed by atoms with Crippen LogP contribution >= 0.6 is 0 Å². The van der Waals surface area contributed by atoms with Crippen LogP contribution in [0.3, 0.4) is 0 Å². The van der Waals surface area contributed by atoms with Gasteiger partial charge in [-0.2, -0.15) is 0 Å². The highest BCUT2D eigenvalue weighted by Gasteiger charge is 2.33. The molecule has 0 radical (unpaired) electrons. The summed E-state index contributed by atoms with van der Waals surface area (Å²) in [6, 6.07) is 0. The molecule has 1 amide bonds. The van der Waals surface area contributed by atoms with Gasteiger partial charge >= 0.3 is 5.97 Å². The summed E-state index contributed by atoms with van der Waals surface area (Å²) >= 11 is 0. The van der Waals surface area contributed by atoms with E-state index in [2.05, 4.69) is 6.92 Å². The number of likely N-dealkylation sites (tertiary alicyclic amines) is 1. The van der Waals surface area contributed by atoms with Crippen LogP contribution in [0.1, 0.15) is 32.6 Å². The summed E-state index contributed by atoms with van der Waals surface area (Å²) in [5.74, 6) is -0.594. The van der Waals surface area contributed by atoms with Gasteiger partial charge in [0.25, 0.3) is 0 Å². The first kappa shape index (κ1) is 11.0. The van der Waals surface area contributed by atoms with Crippen LogP contribution in [-0.2, 0) is 9.59 Å². The minimum Gasteiger partial charge on any atom is -0.481 e. The molecule has 1 unspecified atom stereocenters. The normalized spacial score (nSPS) is 27.9. The predicted octanol–water partition coefficient (Wildman–Crippen LogP) is 1.11. The monoisotopic (exact) mass is 199 g/mol. The Labute approximate surface area is 83.9 Å². The molecule has 1 saturated heterocycles. The van der Waals surface area contributed by atoms with Crippen molar-refractivity contribution in [3.63, 3.8) is 0 Å². The van der Waals surface area contributed by atoms with Gasteiger partial charge in [0.2, 0.25) is 5.91 Å². The van der Waals surface area contributed by atoms with Crippen molar-refractivity contribution in [2.75, 3.05) is 13.6 Å². The SMILES string of the molecule is CN1CC(C)(CCC(=O)O)CCC1=O. The maximum absolute atomic E-state index is 11.2. The van der Waals surface area contributed by atoms with Crippen molar-refractivity contribution < 1.29 is 14.7 Å². The molecule has 0 saturated carbocycles. The van der Waals surface area contributed by atoms with Crippen LogP contribution < -0.4 is 0 Å². The number of carboxylic acid groups (broad SMARTS) is 1. The molecular formula is C10H17NO3. The smallest absolute Gasteiger partial charge is 0.303 e. The number of piperidine rings is 1. The Morgan fingerprint density at radius 1 is 1.64 bits per heavy atom. The Kier molecular flexibility index (Phi) is 3.13. The molecule has 1 N–H and O–H groups in total. The van der Waals surface area contributed by atoms with Gasteiger partial charge in [-0.25, -0.2) is 0 Å². The number of nitrogens with zero attached hydrogens (tertiary/aromatic N) is 1. The molecular weight excluding hydrogens is 182 g/mol. The number of carboxylic acids is 1. The molecule has 1 rings (SSSR count). The molecule has 0 aromatic rings. The fourth-order valence-corrected chi connectivity index (χ4v) is 1.95. The number of carbonyl (C=O) groups is 2. The van der Waals surface area contributed by atoms with E-state index in [-0.39, 0.29) is 17.7 Å². The standard InChI is InChI=1S/C10H17NO3/c1-10(6-4-9(13)14)5-3-8(12)11(2)7-10/h3-7H2,1-2H3,(H,13,14). The maximum Gasteiger partial charge on any atom is 0.303 e. The molecule has 0 bridgehead atoms. The highest BCUT2D eigenvalue weighted by molar-refractivity contribution is 5.76. The zero-order chi connectivity index (χ0) is 10.8. The third-order valence-corrected chi connectivity index (χ3v) is 2.93. The molecule has 0 aromatic heterocycles. The van der Waals surface area contributed by atoms with E-state index in [0.717, 1.165) is 6.42 Å². The minimum atomic E-state index is -0.759. The summed E-state index contributed by atoms with van der Waals surface area (Å²) in [6.45, 7) is 2.73. The molecule has 4 nitrogen and oxygen atoms in total. The van der Waals surface area contributed by atoms with Crippen LogP contribution in [0.4, 0.5) is 0 Å². The second-order valence-corrected chi connectivity index (χ2v) is 4.45. The highest BCUT2D eigenvalue weighted by Crippen LogP contribution is 2.33. The molecule has 80 valence electrons. The number of rotatable bonds is 3. The van der Waals surface area contributed by atoms with Crippen LogP contribution in [0.15, 0.2) is 0 Å². The van der Waals surface area contributed by atoms with Crippen molar-refractivity contribution in [2.45, 2.75) is 32.6 Å². The van der Waals surface area contributed by atoms with Gasteiger partial charge in [0.05, 0.1) is 0 Å². The number of carbonyl (C=O) groups excluding carboxylic acids is 1. The Balaban J connectivity index is 2.49. The van der Waals surface area contributed by atoms with E-state index < -0.39 is 5.97 Å². The van der Waals surface area contributed by atoms with Gasteiger partial charge in [-0.15, -0.1) is 0 Å². The Hall–Kier alpha value is -1.06. The van der Waals surface area contributed by atoms with Crippen LogP contribution in [0.5, 0.6) is 0 Å². The van der Waals surface area contributed by atoms with Crippen molar-refractivity contribution in [1.29, 1.82) is 0 Å². The van der Waals surface area contributed by atoms with E-state index in [0.29, 0.717) is 19.4 Å². The van der Waals surface area contributed by atoms with Crippen LogP contribution in [0.2, 0.25) is 0 Å². The van der Waals surface area contributed by atoms with Gasteiger partial charge < -0.3 is 10.0 Å². The first-order chi connectivity index (χ1) is 6.43. The Bertz CT molecular complexity index is 252. The highest BCUT2D eigenvalue weighted by atomic mass is 16.4. The predicted molar refractivity (Wildman–Crippen MR) is 51.8 cm³/mol. The Morgan fingerprint density at radius 2 is 2.29 bits per heavy atom. The van der Waals surface area contributed by atoms with E-state index in [4.69, 9.17) is 5.11 Å². The molecule has 1 fully saturated rings. The summed E-state index contributed by atoms with van der Waals surface area (Å²) in [5, 5.41) is 8.60. The lowest BCUT2D eigenvalue weighted by molar-refractivity contribution is -0.138. The molecule has 0 aliphatic carbocycles. The summed E-state index contributed by atoms with van der Waals surface area (Å²) in [7, 11) is 1.78. The van der Waals surface area contributed by atoms with E-state index in [1.807, 2.05) is 0 Å². The molecule has 1 heterocycles. The summed E-state index contributed by atoms with van der Waals surface area (Å²) in [6.07, 6.45) is 2.20. The fourth-order valence-electron chi connectivity index (χ4n) is 1.95. The molecule has 1 aliphatic rings. The van der Waals surface area contributed by atoms with E-state index in [1.165, 1.54) is 0 Å². The first-order valence-electron chi connectivity index (χ1n) is 4.89.